The third kappa shape index (κ3) is 5.55. The first-order chi connectivity index (χ1) is 9.56. The van der Waals surface area contributed by atoms with Crippen LogP contribution in [0.5, 0.6) is 5.75 Å². The molecule has 0 saturated carbocycles. The molecular formula is C15H21F2NO2. The second-order valence-electron chi connectivity index (χ2n) is 4.53. The quantitative estimate of drug-likeness (QED) is 0.732. The number of benzene rings is 1. The Hall–Kier alpha value is -1.65. The molecule has 0 atom stereocenters. The molecule has 3 nitrogen and oxygen atoms in total. The predicted molar refractivity (Wildman–Crippen MR) is 73.9 cm³/mol. The molecule has 0 fully saturated rings. The van der Waals surface area contributed by atoms with Crippen molar-refractivity contribution >= 4 is 5.91 Å². The number of hydrogen-bond acceptors (Lipinski definition) is 2. The molecule has 20 heavy (non-hydrogen) atoms. The predicted octanol–water partition coefficient (Wildman–Crippen LogP) is 3.48. The Morgan fingerprint density at radius 3 is 2.40 bits per heavy atom. The molecule has 0 bridgehead atoms. The van der Waals surface area contributed by atoms with Crippen LogP contribution in [0.15, 0.2) is 24.3 Å². The number of amides is 1. The lowest BCUT2D eigenvalue weighted by molar-refractivity contribution is -0.130. The second-order valence-corrected chi connectivity index (χ2v) is 4.53. The Bertz CT molecular complexity index is 407. The van der Waals surface area contributed by atoms with E-state index in [1.54, 1.807) is 12.1 Å². The molecule has 0 spiro atoms. The fourth-order valence-corrected chi connectivity index (χ4v) is 1.88. The van der Waals surface area contributed by atoms with Crippen LogP contribution >= 0.6 is 0 Å². The number of halogens is 2. The topological polar surface area (TPSA) is 29.5 Å². The Morgan fingerprint density at radius 1 is 1.25 bits per heavy atom. The van der Waals surface area contributed by atoms with Crippen molar-refractivity contribution in [3.63, 3.8) is 0 Å². The summed E-state index contributed by atoms with van der Waals surface area (Å²) in [4.78, 5) is 13.9. The van der Waals surface area contributed by atoms with Crippen molar-refractivity contribution in [3.05, 3.63) is 29.8 Å². The summed E-state index contributed by atoms with van der Waals surface area (Å²) in [6, 6.07) is 6.20. The van der Waals surface area contributed by atoms with E-state index in [-0.39, 0.29) is 18.1 Å². The van der Waals surface area contributed by atoms with E-state index in [2.05, 4.69) is 11.7 Å². The van der Waals surface area contributed by atoms with Crippen molar-refractivity contribution in [1.82, 2.24) is 4.90 Å². The minimum absolute atomic E-state index is 0.0588. The molecule has 0 aliphatic heterocycles. The maximum Gasteiger partial charge on any atom is 0.387 e. The van der Waals surface area contributed by atoms with E-state index >= 15 is 0 Å². The highest BCUT2D eigenvalue weighted by Gasteiger charge is 2.12. The van der Waals surface area contributed by atoms with Crippen LogP contribution in [0.25, 0.3) is 0 Å². The summed E-state index contributed by atoms with van der Waals surface area (Å²) < 4.78 is 28.3. The van der Waals surface area contributed by atoms with Gasteiger partial charge < -0.3 is 9.64 Å². The van der Waals surface area contributed by atoms with Crippen molar-refractivity contribution in [2.75, 3.05) is 13.1 Å². The van der Waals surface area contributed by atoms with Gasteiger partial charge >= 0.3 is 6.61 Å². The molecule has 0 N–H and O–H groups in total. The highest BCUT2D eigenvalue weighted by atomic mass is 19.3. The molecule has 0 radical (unpaired) electrons. The van der Waals surface area contributed by atoms with Gasteiger partial charge in [0.2, 0.25) is 5.91 Å². The molecule has 0 aromatic heterocycles. The lowest BCUT2D eigenvalue weighted by Gasteiger charge is -2.20. The van der Waals surface area contributed by atoms with Gasteiger partial charge in [-0.1, -0.05) is 25.5 Å². The SMILES string of the molecule is CCCCN(CC)C(=O)Cc1ccc(OC(F)F)cc1. The summed E-state index contributed by atoms with van der Waals surface area (Å²) in [6.07, 6.45) is 2.32. The molecule has 112 valence electrons. The van der Waals surface area contributed by atoms with Crippen LogP contribution in [0.4, 0.5) is 8.78 Å². The number of hydrogen-bond donors (Lipinski definition) is 0. The van der Waals surface area contributed by atoms with Gasteiger partial charge in [0.15, 0.2) is 0 Å². The number of ether oxygens (including phenoxy) is 1. The van der Waals surface area contributed by atoms with Gasteiger partial charge in [-0.3, -0.25) is 4.79 Å². The first kappa shape index (κ1) is 16.4. The van der Waals surface area contributed by atoms with E-state index in [0.29, 0.717) is 6.54 Å². The first-order valence-electron chi connectivity index (χ1n) is 6.88. The van der Waals surface area contributed by atoms with Gasteiger partial charge in [-0.05, 0) is 31.0 Å². The van der Waals surface area contributed by atoms with E-state index < -0.39 is 6.61 Å². The minimum atomic E-state index is -2.83. The molecule has 1 aromatic rings. The monoisotopic (exact) mass is 285 g/mol. The highest BCUT2D eigenvalue weighted by Crippen LogP contribution is 2.15. The molecule has 1 amide bonds. The number of alkyl halides is 2. The molecule has 1 rings (SSSR count). The number of unbranched alkanes of at least 4 members (excludes halogenated alkanes) is 1. The molecule has 0 aliphatic rings. The minimum Gasteiger partial charge on any atom is -0.435 e. The van der Waals surface area contributed by atoms with E-state index in [0.717, 1.165) is 24.9 Å². The number of carbonyl (C=O) groups is 1. The summed E-state index contributed by atoms with van der Waals surface area (Å²) in [7, 11) is 0. The van der Waals surface area contributed by atoms with Crippen LogP contribution < -0.4 is 4.74 Å². The number of likely N-dealkylation sites (N-methyl/N-ethyl adjacent to an activating group) is 1. The van der Waals surface area contributed by atoms with Crippen LogP contribution in [0, 0.1) is 0 Å². The van der Waals surface area contributed by atoms with Gasteiger partial charge in [0, 0.05) is 13.1 Å². The first-order valence-corrected chi connectivity index (χ1v) is 6.88. The van der Waals surface area contributed by atoms with Crippen molar-refractivity contribution in [3.8, 4) is 5.75 Å². The fourth-order valence-electron chi connectivity index (χ4n) is 1.88. The van der Waals surface area contributed by atoms with Crippen molar-refractivity contribution < 1.29 is 18.3 Å². The number of carbonyl (C=O) groups excluding carboxylic acids is 1. The van der Waals surface area contributed by atoms with Gasteiger partial charge in [0.05, 0.1) is 6.42 Å². The standard InChI is InChI=1S/C15H21F2NO2/c1-3-5-10-18(4-2)14(19)11-12-6-8-13(9-7-12)20-15(16)17/h6-9,15H,3-5,10-11H2,1-2H3. The number of nitrogens with zero attached hydrogens (tertiary/aromatic N) is 1. The van der Waals surface area contributed by atoms with Gasteiger partial charge in [-0.2, -0.15) is 8.78 Å². The molecule has 5 heteroatoms. The summed E-state index contributed by atoms with van der Waals surface area (Å²) in [5, 5.41) is 0. The van der Waals surface area contributed by atoms with Crippen LogP contribution in [0.1, 0.15) is 32.3 Å². The van der Waals surface area contributed by atoms with Gasteiger partial charge in [-0.15, -0.1) is 0 Å². The maximum atomic E-state index is 12.1. The zero-order chi connectivity index (χ0) is 15.0. The summed E-state index contributed by atoms with van der Waals surface area (Å²) >= 11 is 0. The zero-order valence-corrected chi connectivity index (χ0v) is 11.9. The van der Waals surface area contributed by atoms with Gasteiger partial charge in [0.1, 0.15) is 5.75 Å². The highest BCUT2D eigenvalue weighted by molar-refractivity contribution is 5.78. The maximum absolute atomic E-state index is 12.1. The lowest BCUT2D eigenvalue weighted by atomic mass is 10.1. The Balaban J connectivity index is 2.56. The Labute approximate surface area is 118 Å². The number of rotatable bonds is 8. The molecule has 0 aliphatic carbocycles. The lowest BCUT2D eigenvalue weighted by Crippen LogP contribution is -2.32. The third-order valence-corrected chi connectivity index (χ3v) is 3.02. The molecule has 0 unspecified atom stereocenters. The van der Waals surface area contributed by atoms with E-state index in [4.69, 9.17) is 0 Å². The van der Waals surface area contributed by atoms with Crippen LogP contribution in [-0.2, 0) is 11.2 Å². The molecule has 0 heterocycles. The van der Waals surface area contributed by atoms with E-state index in [9.17, 15) is 13.6 Å². The smallest absolute Gasteiger partial charge is 0.387 e. The summed E-state index contributed by atoms with van der Waals surface area (Å²) in [5.74, 6) is 0.165. The van der Waals surface area contributed by atoms with Gasteiger partial charge in [-0.25, -0.2) is 0 Å². The molecule has 0 saturated heterocycles. The Morgan fingerprint density at radius 2 is 1.90 bits per heavy atom. The normalized spacial score (nSPS) is 10.7. The van der Waals surface area contributed by atoms with E-state index in [1.807, 2.05) is 11.8 Å². The molecule has 1 aromatic carbocycles. The van der Waals surface area contributed by atoms with E-state index in [1.165, 1.54) is 12.1 Å². The van der Waals surface area contributed by atoms with Crippen LogP contribution in [0.2, 0.25) is 0 Å². The van der Waals surface area contributed by atoms with Crippen molar-refractivity contribution in [2.45, 2.75) is 39.7 Å². The zero-order valence-electron chi connectivity index (χ0n) is 11.9. The summed E-state index contributed by atoms with van der Waals surface area (Å²) in [5.41, 5.74) is 0.798. The second kappa shape index (κ2) is 8.51. The third-order valence-electron chi connectivity index (χ3n) is 3.02. The van der Waals surface area contributed by atoms with Gasteiger partial charge in [0.25, 0.3) is 0 Å². The van der Waals surface area contributed by atoms with Crippen molar-refractivity contribution in [2.24, 2.45) is 0 Å². The fraction of sp³-hybridized carbons (Fsp3) is 0.533. The average Bonchev–Trinajstić information content (AvgIpc) is 2.41. The molecular weight excluding hydrogens is 264 g/mol. The van der Waals surface area contributed by atoms with Crippen LogP contribution in [0.3, 0.4) is 0 Å². The largest absolute Gasteiger partial charge is 0.435 e. The average molecular weight is 285 g/mol. The Kier molecular flexibility index (Phi) is 6.98. The van der Waals surface area contributed by atoms with Crippen LogP contribution in [-0.4, -0.2) is 30.5 Å². The summed E-state index contributed by atoms with van der Waals surface area (Å²) in [6.45, 7) is 2.66. The van der Waals surface area contributed by atoms with Crippen molar-refractivity contribution in [1.29, 1.82) is 0 Å².